The van der Waals surface area contributed by atoms with Crippen molar-refractivity contribution in [2.24, 2.45) is 4.99 Å². The summed E-state index contributed by atoms with van der Waals surface area (Å²) in [6, 6.07) is 5.66. The number of rotatable bonds is 4. The van der Waals surface area contributed by atoms with Gasteiger partial charge in [-0.05, 0) is 40.7 Å². The minimum Gasteiger partial charge on any atom is -0.351 e. The molecule has 144 valence electrons. The van der Waals surface area contributed by atoms with Crippen LogP contribution < -0.4 is 9.80 Å². The Morgan fingerprint density at radius 1 is 1.18 bits per heavy atom. The van der Waals surface area contributed by atoms with Gasteiger partial charge in [-0.3, -0.25) is 4.48 Å². The predicted octanol–water partition coefficient (Wildman–Crippen LogP) is 3.82. The largest absolute Gasteiger partial charge is 0.351 e. The third kappa shape index (κ3) is 2.39. The molecule has 0 saturated carbocycles. The average molecular weight is 376 g/mol. The molecule has 2 atom stereocenters. The number of aromatic nitrogens is 4. The van der Waals surface area contributed by atoms with Gasteiger partial charge in [-0.15, -0.1) is 5.10 Å². The van der Waals surface area contributed by atoms with Gasteiger partial charge < -0.3 is 5.32 Å². The van der Waals surface area contributed by atoms with Gasteiger partial charge in [0.25, 0.3) is 0 Å². The molecule has 0 aliphatic carbocycles. The van der Waals surface area contributed by atoms with Crippen molar-refractivity contribution in [1.29, 1.82) is 0 Å². The number of hydrogen-bond donors (Lipinski definition) is 1. The highest BCUT2D eigenvalue weighted by Crippen LogP contribution is 2.51. The molecule has 1 saturated heterocycles. The van der Waals surface area contributed by atoms with Crippen LogP contribution >= 0.6 is 0 Å². The molecule has 7 heteroatoms. The van der Waals surface area contributed by atoms with Gasteiger partial charge in [0.15, 0.2) is 11.7 Å². The molecule has 1 N–H and O–H groups in total. The third-order valence-electron chi connectivity index (χ3n) is 6.02. The summed E-state index contributed by atoms with van der Waals surface area (Å²) in [5, 5.41) is 7.82. The van der Waals surface area contributed by atoms with Crippen molar-refractivity contribution in [2.75, 3.05) is 11.9 Å². The SMILES string of the molecule is CC1=Nc2ncc(-c3ccn4nc(NC(C)C)ncc34)cc2[N+]2(C(C)C)CC12. The van der Waals surface area contributed by atoms with Gasteiger partial charge in [0.1, 0.15) is 6.54 Å². The lowest BCUT2D eigenvalue weighted by atomic mass is 10.1. The molecule has 5 heterocycles. The van der Waals surface area contributed by atoms with Crippen LogP contribution in [0.4, 0.5) is 17.5 Å². The fourth-order valence-electron chi connectivity index (χ4n) is 4.52. The summed E-state index contributed by atoms with van der Waals surface area (Å²) in [5.74, 6) is 1.50. The normalized spacial score (nSPS) is 23.0. The number of quaternary nitrogens is 1. The maximum absolute atomic E-state index is 4.77. The van der Waals surface area contributed by atoms with Crippen LogP contribution in [-0.4, -0.2) is 50.0 Å². The molecule has 0 amide bonds. The van der Waals surface area contributed by atoms with E-state index >= 15 is 0 Å². The first-order valence-electron chi connectivity index (χ1n) is 9.94. The van der Waals surface area contributed by atoms with E-state index in [1.54, 1.807) is 0 Å². The first-order chi connectivity index (χ1) is 13.4. The van der Waals surface area contributed by atoms with Crippen molar-refractivity contribution in [1.82, 2.24) is 24.1 Å². The number of anilines is 1. The number of hydrogen-bond acceptors (Lipinski definition) is 5. The van der Waals surface area contributed by atoms with Crippen LogP contribution in [0.2, 0.25) is 0 Å². The number of pyridine rings is 1. The van der Waals surface area contributed by atoms with E-state index < -0.39 is 0 Å². The first-order valence-corrected chi connectivity index (χ1v) is 9.94. The maximum Gasteiger partial charge on any atom is 0.241 e. The number of nitrogens with zero attached hydrogens (tertiary/aromatic N) is 6. The fourth-order valence-corrected chi connectivity index (χ4v) is 4.52. The Morgan fingerprint density at radius 2 is 2.00 bits per heavy atom. The van der Waals surface area contributed by atoms with Gasteiger partial charge in [-0.2, -0.15) is 0 Å². The Labute approximate surface area is 164 Å². The van der Waals surface area contributed by atoms with Gasteiger partial charge >= 0.3 is 0 Å². The van der Waals surface area contributed by atoms with E-state index in [-0.39, 0.29) is 6.04 Å². The third-order valence-corrected chi connectivity index (χ3v) is 6.02. The first kappa shape index (κ1) is 17.3. The highest BCUT2D eigenvalue weighted by atomic mass is 15.5. The molecule has 5 rings (SSSR count). The molecular formula is C21H26N7+. The van der Waals surface area contributed by atoms with Crippen LogP contribution in [0.5, 0.6) is 0 Å². The zero-order chi connectivity index (χ0) is 19.6. The molecule has 2 aliphatic heterocycles. The molecule has 0 radical (unpaired) electrons. The second-order valence-electron chi connectivity index (χ2n) is 8.48. The molecule has 28 heavy (non-hydrogen) atoms. The van der Waals surface area contributed by atoms with Crippen molar-refractivity contribution in [3.63, 3.8) is 0 Å². The summed E-state index contributed by atoms with van der Waals surface area (Å²) in [4.78, 5) is 14.0. The van der Waals surface area contributed by atoms with Gasteiger partial charge in [-0.1, -0.05) is 0 Å². The van der Waals surface area contributed by atoms with Crippen LogP contribution in [0.15, 0.2) is 35.7 Å². The zero-order valence-corrected chi connectivity index (χ0v) is 17.0. The molecule has 0 aromatic carbocycles. The number of aliphatic imine (C=N–C) groups is 1. The highest BCUT2D eigenvalue weighted by molar-refractivity contribution is 6.00. The second kappa shape index (κ2) is 5.85. The van der Waals surface area contributed by atoms with Crippen LogP contribution in [-0.2, 0) is 0 Å². The van der Waals surface area contributed by atoms with E-state index in [0.717, 1.165) is 33.5 Å². The average Bonchev–Trinajstić information content (AvgIpc) is 3.30. The highest BCUT2D eigenvalue weighted by Gasteiger charge is 2.63. The summed E-state index contributed by atoms with van der Waals surface area (Å²) in [6.45, 7) is 12.0. The van der Waals surface area contributed by atoms with Crippen molar-refractivity contribution < 1.29 is 0 Å². The number of fused-ring (bicyclic) bond motifs is 4. The number of nitrogens with one attached hydrogen (secondary N) is 1. The quantitative estimate of drug-likeness (QED) is 0.555. The smallest absolute Gasteiger partial charge is 0.241 e. The zero-order valence-electron chi connectivity index (χ0n) is 17.0. The van der Waals surface area contributed by atoms with Gasteiger partial charge in [0.2, 0.25) is 11.8 Å². The summed E-state index contributed by atoms with van der Waals surface area (Å²) < 4.78 is 2.85. The van der Waals surface area contributed by atoms with E-state index in [4.69, 9.17) is 9.98 Å². The standard InChI is InChI=1S/C21H26N7/c1-12(2)24-21-23-10-17-16(6-7-27(17)26-21)15-8-18-20(22-9-15)25-14(5)19-11-28(18,19)13(3)4/h6-10,12-13,19H,11H2,1-5H3,(H,24,26)/q+1. The fraction of sp³-hybridized carbons (Fsp3) is 0.429. The van der Waals surface area contributed by atoms with Crippen molar-refractivity contribution in [3.8, 4) is 11.1 Å². The van der Waals surface area contributed by atoms with E-state index in [9.17, 15) is 0 Å². The summed E-state index contributed by atoms with van der Waals surface area (Å²) in [6.07, 6.45) is 5.78. The van der Waals surface area contributed by atoms with Crippen LogP contribution in [0.25, 0.3) is 16.6 Å². The maximum atomic E-state index is 4.77. The van der Waals surface area contributed by atoms with Crippen LogP contribution in [0, 0.1) is 0 Å². The topological polar surface area (TPSA) is 67.5 Å². The minimum absolute atomic E-state index is 0.290. The summed E-state index contributed by atoms with van der Waals surface area (Å²) >= 11 is 0. The monoisotopic (exact) mass is 376 g/mol. The Hall–Kier alpha value is -2.80. The van der Waals surface area contributed by atoms with Crippen molar-refractivity contribution >= 4 is 28.7 Å². The molecular weight excluding hydrogens is 350 g/mol. The molecule has 3 aromatic rings. The second-order valence-corrected chi connectivity index (χ2v) is 8.48. The van der Waals surface area contributed by atoms with Gasteiger partial charge in [-0.25, -0.2) is 19.5 Å². The molecule has 0 spiro atoms. The molecule has 0 bridgehead atoms. The Balaban J connectivity index is 1.60. The lowest BCUT2D eigenvalue weighted by Gasteiger charge is -2.28. The molecule has 7 nitrogen and oxygen atoms in total. The van der Waals surface area contributed by atoms with E-state index in [2.05, 4.69) is 62.2 Å². The lowest BCUT2D eigenvalue weighted by Crippen LogP contribution is -2.40. The van der Waals surface area contributed by atoms with Gasteiger partial charge in [0.05, 0.1) is 23.5 Å². The molecule has 2 unspecified atom stereocenters. The lowest BCUT2D eigenvalue weighted by molar-refractivity contribution is 0.430. The van der Waals surface area contributed by atoms with Crippen molar-refractivity contribution in [3.05, 3.63) is 30.7 Å². The van der Waals surface area contributed by atoms with Crippen LogP contribution in [0.3, 0.4) is 0 Å². The van der Waals surface area contributed by atoms with Crippen molar-refractivity contribution in [2.45, 2.75) is 52.7 Å². The molecule has 1 fully saturated rings. The van der Waals surface area contributed by atoms with Crippen LogP contribution in [0.1, 0.15) is 34.6 Å². The Bertz CT molecular complexity index is 1110. The molecule has 2 aliphatic rings. The van der Waals surface area contributed by atoms with E-state index in [1.165, 1.54) is 11.4 Å². The summed E-state index contributed by atoms with van der Waals surface area (Å²) in [7, 11) is 0. The minimum atomic E-state index is 0.290. The van der Waals surface area contributed by atoms with Gasteiger partial charge in [0, 0.05) is 35.6 Å². The van der Waals surface area contributed by atoms with E-state index in [1.807, 2.05) is 23.1 Å². The Kier molecular flexibility index (Phi) is 3.61. The van der Waals surface area contributed by atoms with E-state index in [0.29, 0.717) is 18.0 Å². The molecule has 3 aromatic heterocycles. The Morgan fingerprint density at radius 3 is 2.75 bits per heavy atom. The predicted molar refractivity (Wildman–Crippen MR) is 113 cm³/mol. The summed E-state index contributed by atoms with van der Waals surface area (Å²) in [5.41, 5.74) is 5.60.